The summed E-state index contributed by atoms with van der Waals surface area (Å²) in [5, 5.41) is 12.8. The Morgan fingerprint density at radius 3 is 2.62 bits per heavy atom. The average molecular weight is 349 g/mol. The third-order valence-electron chi connectivity index (χ3n) is 3.14. The fourth-order valence-corrected chi connectivity index (χ4v) is 2.36. The van der Waals surface area contributed by atoms with Gasteiger partial charge in [-0.05, 0) is 52.7 Å². The molecule has 21 heavy (non-hydrogen) atoms. The Hall–Kier alpha value is -1.85. The van der Waals surface area contributed by atoms with Gasteiger partial charge in [-0.15, -0.1) is 0 Å². The van der Waals surface area contributed by atoms with Gasteiger partial charge >= 0.3 is 0 Å². The first-order valence-electron chi connectivity index (χ1n) is 6.55. The molecule has 1 atom stereocenters. The van der Waals surface area contributed by atoms with E-state index in [4.69, 9.17) is 5.73 Å². The molecule has 0 radical (unpaired) electrons. The first-order chi connectivity index (χ1) is 9.97. The van der Waals surface area contributed by atoms with Gasteiger partial charge in [0.25, 0.3) is 5.91 Å². The highest BCUT2D eigenvalue weighted by molar-refractivity contribution is 9.10. The van der Waals surface area contributed by atoms with Gasteiger partial charge in [0.1, 0.15) is 0 Å². The van der Waals surface area contributed by atoms with E-state index in [2.05, 4.69) is 21.2 Å². The van der Waals surface area contributed by atoms with Gasteiger partial charge in [0.15, 0.2) is 0 Å². The Morgan fingerprint density at radius 1 is 1.29 bits per heavy atom. The molecule has 0 aromatic heterocycles. The summed E-state index contributed by atoms with van der Waals surface area (Å²) < 4.78 is 0.729. The van der Waals surface area contributed by atoms with E-state index in [9.17, 15) is 9.90 Å². The molecule has 0 aliphatic heterocycles. The van der Waals surface area contributed by atoms with E-state index in [0.29, 0.717) is 16.8 Å². The van der Waals surface area contributed by atoms with Crippen LogP contribution in [0.1, 0.15) is 27.6 Å². The lowest BCUT2D eigenvalue weighted by atomic mass is 10.1. The zero-order valence-electron chi connectivity index (χ0n) is 11.6. The van der Waals surface area contributed by atoms with Gasteiger partial charge in [0.2, 0.25) is 0 Å². The highest BCUT2D eigenvalue weighted by atomic mass is 79.9. The minimum absolute atomic E-state index is 0.142. The molecule has 1 unspecified atom stereocenters. The van der Waals surface area contributed by atoms with Gasteiger partial charge < -0.3 is 16.2 Å². The predicted molar refractivity (Wildman–Crippen MR) is 87.0 cm³/mol. The summed E-state index contributed by atoms with van der Waals surface area (Å²) in [4.78, 5) is 12.1. The molecule has 0 aliphatic rings. The smallest absolute Gasteiger partial charge is 0.252 e. The number of carbonyl (C=O) groups excluding carboxylic acids is 1. The van der Waals surface area contributed by atoms with Crippen LogP contribution in [-0.4, -0.2) is 17.6 Å². The molecule has 2 rings (SSSR count). The molecule has 0 spiro atoms. The van der Waals surface area contributed by atoms with Crippen molar-refractivity contribution >= 4 is 27.5 Å². The van der Waals surface area contributed by atoms with Crippen molar-refractivity contribution in [1.82, 2.24) is 5.32 Å². The zero-order valence-corrected chi connectivity index (χ0v) is 13.2. The highest BCUT2D eigenvalue weighted by Crippen LogP contribution is 2.19. The number of amides is 1. The van der Waals surface area contributed by atoms with E-state index in [1.54, 1.807) is 30.3 Å². The normalized spacial score (nSPS) is 12.0. The van der Waals surface area contributed by atoms with E-state index in [1.165, 1.54) is 0 Å². The molecular formula is C16H17BrN2O2. The van der Waals surface area contributed by atoms with Crippen molar-refractivity contribution in [2.24, 2.45) is 0 Å². The summed E-state index contributed by atoms with van der Waals surface area (Å²) in [6.07, 6.45) is -0.766. The van der Waals surface area contributed by atoms with Crippen LogP contribution in [0.25, 0.3) is 0 Å². The van der Waals surface area contributed by atoms with Crippen molar-refractivity contribution in [1.29, 1.82) is 0 Å². The molecular weight excluding hydrogens is 332 g/mol. The summed E-state index contributed by atoms with van der Waals surface area (Å²) in [6, 6.07) is 12.5. The Labute approximate surface area is 132 Å². The summed E-state index contributed by atoms with van der Waals surface area (Å²) >= 11 is 3.35. The minimum atomic E-state index is -0.766. The molecule has 2 aromatic carbocycles. The van der Waals surface area contributed by atoms with Crippen LogP contribution in [0.3, 0.4) is 0 Å². The molecule has 4 nitrogen and oxygen atoms in total. The number of benzene rings is 2. The SMILES string of the molecule is Cc1ccc(Br)c(C(=O)NCC(O)c2ccc(N)cc2)c1. The maximum atomic E-state index is 12.1. The molecule has 0 bridgehead atoms. The number of aliphatic hydroxyl groups excluding tert-OH is 1. The summed E-state index contributed by atoms with van der Waals surface area (Å²) in [7, 11) is 0. The number of rotatable bonds is 4. The number of carbonyl (C=O) groups is 1. The molecule has 1 amide bonds. The van der Waals surface area contributed by atoms with Crippen molar-refractivity contribution in [3.05, 3.63) is 63.6 Å². The first-order valence-corrected chi connectivity index (χ1v) is 7.34. The lowest BCUT2D eigenvalue weighted by molar-refractivity contribution is 0.0915. The maximum absolute atomic E-state index is 12.1. The molecule has 5 heteroatoms. The second-order valence-corrected chi connectivity index (χ2v) is 5.73. The number of halogens is 1. The van der Waals surface area contributed by atoms with Gasteiger partial charge in [-0.2, -0.15) is 0 Å². The van der Waals surface area contributed by atoms with Gasteiger partial charge in [-0.1, -0.05) is 23.8 Å². The first kappa shape index (κ1) is 15.5. The van der Waals surface area contributed by atoms with Crippen LogP contribution in [0.15, 0.2) is 46.9 Å². The number of aryl methyl sites for hydroxylation is 1. The van der Waals surface area contributed by atoms with Crippen LogP contribution in [0.4, 0.5) is 5.69 Å². The van der Waals surface area contributed by atoms with Crippen LogP contribution in [0.2, 0.25) is 0 Å². The number of hydrogen-bond donors (Lipinski definition) is 3. The monoisotopic (exact) mass is 348 g/mol. The second kappa shape index (κ2) is 6.74. The molecule has 0 aliphatic carbocycles. The van der Waals surface area contributed by atoms with Crippen molar-refractivity contribution in [2.45, 2.75) is 13.0 Å². The quantitative estimate of drug-likeness (QED) is 0.743. The molecule has 2 aromatic rings. The highest BCUT2D eigenvalue weighted by Gasteiger charge is 2.13. The molecule has 0 saturated heterocycles. The van der Waals surface area contributed by atoms with Crippen LogP contribution < -0.4 is 11.1 Å². The van der Waals surface area contributed by atoms with Crippen LogP contribution in [-0.2, 0) is 0 Å². The van der Waals surface area contributed by atoms with E-state index >= 15 is 0 Å². The Kier molecular flexibility index (Phi) is 4.98. The number of nitrogen functional groups attached to an aromatic ring is 1. The second-order valence-electron chi connectivity index (χ2n) is 4.88. The van der Waals surface area contributed by atoms with Crippen LogP contribution in [0.5, 0.6) is 0 Å². The standard InChI is InChI=1S/C16H17BrN2O2/c1-10-2-7-14(17)13(8-10)16(21)19-9-15(20)11-3-5-12(18)6-4-11/h2-8,15,20H,9,18H2,1H3,(H,19,21). The Morgan fingerprint density at radius 2 is 1.95 bits per heavy atom. The van der Waals surface area contributed by atoms with Gasteiger partial charge in [0.05, 0.1) is 11.7 Å². The molecule has 4 N–H and O–H groups in total. The van der Waals surface area contributed by atoms with Crippen LogP contribution >= 0.6 is 15.9 Å². The predicted octanol–water partition coefficient (Wildman–Crippen LogP) is 2.80. The van der Waals surface area contributed by atoms with E-state index in [1.807, 2.05) is 19.1 Å². The lowest BCUT2D eigenvalue weighted by Gasteiger charge is -2.13. The van der Waals surface area contributed by atoms with Crippen LogP contribution in [0, 0.1) is 6.92 Å². The number of hydrogen-bond acceptors (Lipinski definition) is 3. The molecule has 0 fully saturated rings. The third kappa shape index (κ3) is 4.06. The number of nitrogens with one attached hydrogen (secondary N) is 1. The average Bonchev–Trinajstić information content (AvgIpc) is 2.47. The maximum Gasteiger partial charge on any atom is 0.252 e. The molecule has 0 heterocycles. The van der Waals surface area contributed by atoms with Crippen molar-refractivity contribution in [2.75, 3.05) is 12.3 Å². The van der Waals surface area contributed by atoms with Gasteiger partial charge in [-0.25, -0.2) is 0 Å². The fraction of sp³-hybridized carbons (Fsp3) is 0.188. The van der Waals surface area contributed by atoms with Gasteiger partial charge in [-0.3, -0.25) is 4.79 Å². The Balaban J connectivity index is 2.00. The number of anilines is 1. The van der Waals surface area contributed by atoms with Gasteiger partial charge in [0, 0.05) is 16.7 Å². The largest absolute Gasteiger partial charge is 0.399 e. The third-order valence-corrected chi connectivity index (χ3v) is 3.84. The van der Waals surface area contributed by atoms with Crippen molar-refractivity contribution in [3.8, 4) is 0 Å². The summed E-state index contributed by atoms with van der Waals surface area (Å²) in [5.74, 6) is -0.222. The minimum Gasteiger partial charge on any atom is -0.399 e. The van der Waals surface area contributed by atoms with E-state index in [0.717, 1.165) is 10.0 Å². The lowest BCUT2D eigenvalue weighted by Crippen LogP contribution is -2.28. The molecule has 110 valence electrons. The van der Waals surface area contributed by atoms with E-state index in [-0.39, 0.29) is 12.5 Å². The summed E-state index contributed by atoms with van der Waals surface area (Å²) in [5.41, 5.74) is 8.51. The zero-order chi connectivity index (χ0) is 15.4. The van der Waals surface area contributed by atoms with Crippen molar-refractivity contribution < 1.29 is 9.90 Å². The topological polar surface area (TPSA) is 75.3 Å². The fourth-order valence-electron chi connectivity index (χ4n) is 1.93. The summed E-state index contributed by atoms with van der Waals surface area (Å²) in [6.45, 7) is 2.07. The van der Waals surface area contributed by atoms with E-state index < -0.39 is 6.10 Å². The number of nitrogens with two attached hydrogens (primary N) is 1. The molecule has 0 saturated carbocycles. The number of aliphatic hydroxyl groups is 1. The van der Waals surface area contributed by atoms with Crippen molar-refractivity contribution in [3.63, 3.8) is 0 Å². The Bertz CT molecular complexity index is 641.